The smallest absolute Gasteiger partial charge is 0.308 e. The summed E-state index contributed by atoms with van der Waals surface area (Å²) in [5.74, 6) is -0.468. The molecule has 7 heteroatoms. The van der Waals surface area contributed by atoms with Crippen LogP contribution in [-0.2, 0) is 24.1 Å². The molecule has 3 aromatic rings. The maximum absolute atomic E-state index is 13.5. The fraction of sp³-hybridized carbons (Fsp3) is 0.267. The Balaban J connectivity index is 2.50. The first kappa shape index (κ1) is 27.3. The van der Waals surface area contributed by atoms with Gasteiger partial charge in [-0.3, -0.25) is 9.59 Å². The number of phenolic OH excluding ortho intramolecular Hbond substituents is 2. The summed E-state index contributed by atoms with van der Waals surface area (Å²) in [6, 6.07) is 4.52. The van der Waals surface area contributed by atoms with Crippen molar-refractivity contribution in [3.8, 4) is 34.3 Å². The predicted octanol–water partition coefficient (Wildman–Crippen LogP) is 6.16. The Hall–Kier alpha value is -4.26. The Morgan fingerprint density at radius 2 is 1.46 bits per heavy atom. The minimum atomic E-state index is -0.591. The Morgan fingerprint density at radius 1 is 0.892 bits per heavy atom. The van der Waals surface area contributed by atoms with Crippen LogP contribution in [0, 0.1) is 0 Å². The van der Waals surface area contributed by atoms with Crippen molar-refractivity contribution < 1.29 is 28.9 Å². The summed E-state index contributed by atoms with van der Waals surface area (Å²) < 4.78 is 17.1. The summed E-state index contributed by atoms with van der Waals surface area (Å²) in [6.45, 7) is 18.5. The van der Waals surface area contributed by atoms with E-state index >= 15 is 0 Å². The van der Waals surface area contributed by atoms with Crippen molar-refractivity contribution in [2.75, 3.05) is 7.11 Å². The third-order valence-corrected chi connectivity index (χ3v) is 5.71. The standard InChI is InChI=1S/C30H32O7/c1-15(2)11-20-19(9-10-24(35-8)27(20)33)25-14-23(32)26-28(34)21(12-16(3)4)29(36-18(7)31)22(13-17(5)6)30(26)37-25/h9-10,14,33-34H,1,3,5,11-13H2,2,4,6-8H3. The van der Waals surface area contributed by atoms with Crippen molar-refractivity contribution in [1.82, 2.24) is 0 Å². The molecule has 1 heterocycles. The van der Waals surface area contributed by atoms with Crippen molar-refractivity contribution in [3.63, 3.8) is 0 Å². The number of hydrogen-bond acceptors (Lipinski definition) is 7. The molecule has 0 atom stereocenters. The molecular formula is C30H32O7. The van der Waals surface area contributed by atoms with Gasteiger partial charge in [0.25, 0.3) is 0 Å². The second kappa shape index (κ2) is 10.8. The van der Waals surface area contributed by atoms with Gasteiger partial charge in [0.1, 0.15) is 28.2 Å². The highest BCUT2D eigenvalue weighted by atomic mass is 16.5. The molecule has 0 saturated carbocycles. The lowest BCUT2D eigenvalue weighted by Gasteiger charge is -2.19. The molecule has 0 spiro atoms. The minimum Gasteiger partial charge on any atom is -0.507 e. The van der Waals surface area contributed by atoms with E-state index in [0.29, 0.717) is 28.7 Å². The molecule has 37 heavy (non-hydrogen) atoms. The average molecular weight is 505 g/mol. The Bertz CT molecular complexity index is 1510. The number of esters is 1. The van der Waals surface area contributed by atoms with Gasteiger partial charge in [-0.05, 0) is 39.3 Å². The normalized spacial score (nSPS) is 10.8. The summed E-state index contributed by atoms with van der Waals surface area (Å²) in [5.41, 5.74) is 3.38. The van der Waals surface area contributed by atoms with E-state index in [-0.39, 0.29) is 58.1 Å². The van der Waals surface area contributed by atoms with Crippen LogP contribution in [0.15, 0.2) is 63.9 Å². The molecule has 0 saturated heterocycles. The van der Waals surface area contributed by atoms with Gasteiger partial charge in [0.15, 0.2) is 16.9 Å². The van der Waals surface area contributed by atoms with Gasteiger partial charge < -0.3 is 24.1 Å². The SMILES string of the molecule is C=C(C)Cc1c(-c2cc(=O)c3c(O)c(CC(=C)C)c(OC(C)=O)c(CC(=C)C)c3o2)ccc(OC)c1O. The monoisotopic (exact) mass is 504 g/mol. The van der Waals surface area contributed by atoms with Crippen molar-refractivity contribution in [2.24, 2.45) is 0 Å². The topological polar surface area (TPSA) is 106 Å². The second-order valence-electron chi connectivity index (χ2n) is 9.45. The highest BCUT2D eigenvalue weighted by Crippen LogP contribution is 2.44. The van der Waals surface area contributed by atoms with Gasteiger partial charge in [-0.1, -0.05) is 36.5 Å². The summed E-state index contributed by atoms with van der Waals surface area (Å²) >= 11 is 0. The molecule has 0 unspecified atom stereocenters. The summed E-state index contributed by atoms with van der Waals surface area (Å²) in [5, 5.41) is 22.0. The molecule has 0 aliphatic rings. The molecule has 1 aromatic heterocycles. The second-order valence-corrected chi connectivity index (χ2v) is 9.45. The molecule has 0 aliphatic heterocycles. The van der Waals surface area contributed by atoms with E-state index in [2.05, 4.69) is 19.7 Å². The molecule has 0 bridgehead atoms. The molecule has 194 valence electrons. The number of rotatable bonds is 9. The lowest BCUT2D eigenvalue weighted by atomic mass is 9.93. The van der Waals surface area contributed by atoms with Gasteiger partial charge in [-0.15, -0.1) is 0 Å². The Morgan fingerprint density at radius 3 is 2.00 bits per heavy atom. The molecule has 0 fully saturated rings. The number of hydrogen-bond donors (Lipinski definition) is 2. The van der Waals surface area contributed by atoms with Gasteiger partial charge >= 0.3 is 5.97 Å². The van der Waals surface area contributed by atoms with E-state index in [0.717, 1.165) is 11.1 Å². The Labute approximate surface area is 216 Å². The Kier molecular flexibility index (Phi) is 7.96. The van der Waals surface area contributed by atoms with Gasteiger partial charge in [-0.25, -0.2) is 0 Å². The number of allylic oxidation sites excluding steroid dienone is 3. The van der Waals surface area contributed by atoms with E-state index in [1.165, 1.54) is 20.1 Å². The van der Waals surface area contributed by atoms with Crippen LogP contribution < -0.4 is 14.9 Å². The van der Waals surface area contributed by atoms with Gasteiger partial charge in [0, 0.05) is 48.1 Å². The molecular weight excluding hydrogens is 472 g/mol. The first-order chi connectivity index (χ1) is 17.3. The van der Waals surface area contributed by atoms with Crippen molar-refractivity contribution >= 4 is 16.9 Å². The zero-order valence-electron chi connectivity index (χ0n) is 21.9. The van der Waals surface area contributed by atoms with E-state index in [1.54, 1.807) is 26.0 Å². The van der Waals surface area contributed by atoms with Crippen LogP contribution in [0.5, 0.6) is 23.0 Å². The molecule has 2 N–H and O–H groups in total. The van der Waals surface area contributed by atoms with E-state index in [1.807, 2.05) is 6.92 Å². The number of ether oxygens (including phenoxy) is 2. The quantitative estimate of drug-likeness (QED) is 0.204. The maximum Gasteiger partial charge on any atom is 0.308 e. The van der Waals surface area contributed by atoms with Crippen LogP contribution in [0.1, 0.15) is 44.4 Å². The molecule has 2 aromatic carbocycles. The molecule has 3 rings (SSSR count). The van der Waals surface area contributed by atoms with Gasteiger partial charge in [-0.2, -0.15) is 0 Å². The lowest BCUT2D eigenvalue weighted by Crippen LogP contribution is -2.11. The van der Waals surface area contributed by atoms with E-state index < -0.39 is 11.4 Å². The van der Waals surface area contributed by atoms with Crippen molar-refractivity contribution in [1.29, 1.82) is 0 Å². The van der Waals surface area contributed by atoms with Crippen LogP contribution >= 0.6 is 0 Å². The van der Waals surface area contributed by atoms with E-state index in [9.17, 15) is 19.8 Å². The molecule has 0 amide bonds. The first-order valence-corrected chi connectivity index (χ1v) is 11.7. The number of methoxy groups -OCH3 is 1. The van der Waals surface area contributed by atoms with Crippen molar-refractivity contribution in [3.05, 3.63) is 81.6 Å². The first-order valence-electron chi connectivity index (χ1n) is 11.7. The zero-order chi connectivity index (χ0) is 27.6. The van der Waals surface area contributed by atoms with Crippen molar-refractivity contribution in [2.45, 2.75) is 47.0 Å². The molecule has 0 aliphatic carbocycles. The third kappa shape index (κ3) is 5.61. The van der Waals surface area contributed by atoms with Crippen LogP contribution in [0.2, 0.25) is 0 Å². The third-order valence-electron chi connectivity index (χ3n) is 5.71. The van der Waals surface area contributed by atoms with Gasteiger partial charge in [0.05, 0.1) is 7.11 Å². The largest absolute Gasteiger partial charge is 0.507 e. The highest BCUT2D eigenvalue weighted by Gasteiger charge is 2.27. The lowest BCUT2D eigenvalue weighted by molar-refractivity contribution is -0.131. The molecule has 7 nitrogen and oxygen atoms in total. The van der Waals surface area contributed by atoms with Crippen LogP contribution in [0.4, 0.5) is 0 Å². The number of aromatic hydroxyl groups is 2. The number of phenols is 2. The number of carbonyl (C=O) groups excluding carboxylic acids is 1. The average Bonchev–Trinajstić information content (AvgIpc) is 2.78. The highest BCUT2D eigenvalue weighted by molar-refractivity contribution is 5.92. The maximum atomic E-state index is 13.5. The summed E-state index contributed by atoms with van der Waals surface area (Å²) in [4.78, 5) is 25.5. The van der Waals surface area contributed by atoms with Crippen LogP contribution in [-0.4, -0.2) is 23.3 Å². The van der Waals surface area contributed by atoms with E-state index in [4.69, 9.17) is 13.9 Å². The fourth-order valence-corrected chi connectivity index (χ4v) is 4.29. The fourth-order valence-electron chi connectivity index (χ4n) is 4.29. The predicted molar refractivity (Wildman–Crippen MR) is 145 cm³/mol. The number of fused-ring (bicyclic) bond motifs is 1. The summed E-state index contributed by atoms with van der Waals surface area (Å²) in [6.07, 6.45) is 0.714. The zero-order valence-corrected chi connectivity index (χ0v) is 21.9. The number of carbonyl (C=O) groups is 1. The van der Waals surface area contributed by atoms with Gasteiger partial charge in [0.2, 0.25) is 0 Å². The van der Waals surface area contributed by atoms with Crippen LogP contribution in [0.3, 0.4) is 0 Å². The molecule has 0 radical (unpaired) electrons. The summed E-state index contributed by atoms with van der Waals surface area (Å²) in [7, 11) is 1.45. The number of benzene rings is 2. The minimum absolute atomic E-state index is 0.0358. The van der Waals surface area contributed by atoms with Crippen LogP contribution in [0.25, 0.3) is 22.3 Å².